The van der Waals surface area contributed by atoms with Gasteiger partial charge in [0.25, 0.3) is 0 Å². The highest BCUT2D eigenvalue weighted by Gasteiger charge is 2.35. The Balaban J connectivity index is 1.64. The molecular weight excluding hydrogens is 429 g/mol. The minimum absolute atomic E-state index is 0.221. The molecule has 0 aliphatic carbocycles. The number of sulfonamides is 1. The normalized spacial score (nSPS) is 16.3. The SMILES string of the molecule is CC[C@@H](C(=O)N1CCN(C/C=C/c2ccccc2)CC1)N(c1ccc(F)cc1)S(C)(=O)=O. The van der Waals surface area contributed by atoms with Crippen LogP contribution in [0.5, 0.6) is 0 Å². The number of hydrogen-bond donors (Lipinski definition) is 0. The summed E-state index contributed by atoms with van der Waals surface area (Å²) in [7, 11) is -3.73. The molecule has 1 aliphatic heterocycles. The summed E-state index contributed by atoms with van der Waals surface area (Å²) in [5, 5.41) is 0. The molecule has 0 N–H and O–H groups in total. The van der Waals surface area contributed by atoms with Gasteiger partial charge in [-0.15, -0.1) is 0 Å². The van der Waals surface area contributed by atoms with Gasteiger partial charge in [-0.2, -0.15) is 0 Å². The van der Waals surface area contributed by atoms with Crippen LogP contribution in [0.15, 0.2) is 60.7 Å². The second-order valence-electron chi connectivity index (χ2n) is 7.90. The van der Waals surface area contributed by atoms with E-state index in [0.717, 1.165) is 35.8 Å². The van der Waals surface area contributed by atoms with Crippen LogP contribution in [0.1, 0.15) is 18.9 Å². The third-order valence-corrected chi connectivity index (χ3v) is 6.73. The van der Waals surface area contributed by atoms with Gasteiger partial charge in [0.2, 0.25) is 15.9 Å². The smallest absolute Gasteiger partial charge is 0.246 e. The fourth-order valence-corrected chi connectivity index (χ4v) is 5.10. The van der Waals surface area contributed by atoms with Crippen molar-refractivity contribution in [3.8, 4) is 0 Å². The Hall–Kier alpha value is -2.71. The highest BCUT2D eigenvalue weighted by molar-refractivity contribution is 7.92. The molecule has 2 aromatic carbocycles. The van der Waals surface area contributed by atoms with Crippen molar-refractivity contribution in [2.75, 3.05) is 43.3 Å². The molecule has 32 heavy (non-hydrogen) atoms. The molecule has 1 amide bonds. The van der Waals surface area contributed by atoms with Gasteiger partial charge in [-0.1, -0.05) is 49.4 Å². The average molecular weight is 460 g/mol. The maximum atomic E-state index is 13.3. The van der Waals surface area contributed by atoms with E-state index in [0.29, 0.717) is 25.2 Å². The molecule has 8 heteroatoms. The van der Waals surface area contributed by atoms with Gasteiger partial charge in [0.15, 0.2) is 0 Å². The lowest BCUT2D eigenvalue weighted by atomic mass is 10.1. The summed E-state index contributed by atoms with van der Waals surface area (Å²) in [4.78, 5) is 17.3. The van der Waals surface area contributed by atoms with Crippen LogP contribution in [-0.2, 0) is 14.8 Å². The van der Waals surface area contributed by atoms with Gasteiger partial charge in [0.1, 0.15) is 11.9 Å². The van der Waals surface area contributed by atoms with E-state index in [9.17, 15) is 17.6 Å². The van der Waals surface area contributed by atoms with Gasteiger partial charge >= 0.3 is 0 Å². The van der Waals surface area contributed by atoms with Crippen LogP contribution in [0.3, 0.4) is 0 Å². The maximum absolute atomic E-state index is 13.3. The van der Waals surface area contributed by atoms with Gasteiger partial charge in [0, 0.05) is 32.7 Å². The Bertz CT molecular complexity index is 1020. The number of carbonyl (C=O) groups is 1. The van der Waals surface area contributed by atoms with E-state index in [-0.39, 0.29) is 5.91 Å². The van der Waals surface area contributed by atoms with E-state index in [1.54, 1.807) is 11.8 Å². The number of rotatable bonds is 8. The third-order valence-electron chi connectivity index (χ3n) is 5.55. The first kappa shape index (κ1) is 23.9. The molecule has 1 fully saturated rings. The lowest BCUT2D eigenvalue weighted by Gasteiger charge is -2.38. The largest absolute Gasteiger partial charge is 0.338 e. The molecule has 0 saturated carbocycles. The van der Waals surface area contributed by atoms with Gasteiger partial charge in [-0.25, -0.2) is 12.8 Å². The Labute approximate surface area is 190 Å². The number of anilines is 1. The molecule has 172 valence electrons. The van der Waals surface area contributed by atoms with Crippen LogP contribution >= 0.6 is 0 Å². The fraction of sp³-hybridized carbons (Fsp3) is 0.375. The molecule has 0 aromatic heterocycles. The topological polar surface area (TPSA) is 60.9 Å². The Kier molecular flexibility index (Phi) is 8.04. The Morgan fingerprint density at radius 2 is 1.69 bits per heavy atom. The Morgan fingerprint density at radius 1 is 1.06 bits per heavy atom. The van der Waals surface area contributed by atoms with E-state index in [1.807, 2.05) is 30.3 Å². The first-order chi connectivity index (χ1) is 15.3. The average Bonchev–Trinajstić information content (AvgIpc) is 2.78. The standard InChI is InChI=1S/C24H30FN3O3S/c1-3-23(28(32(2,30)31)22-13-11-21(25)12-14-22)24(29)27-18-16-26(17-19-27)15-7-10-20-8-5-4-6-9-20/h4-14,23H,3,15-19H2,1-2H3/b10-7+/t23-/m0/s1. The van der Waals surface area contributed by atoms with Crippen molar-refractivity contribution in [3.05, 3.63) is 72.1 Å². The molecule has 0 radical (unpaired) electrons. The van der Waals surface area contributed by atoms with Crippen LogP contribution < -0.4 is 4.31 Å². The van der Waals surface area contributed by atoms with E-state index >= 15 is 0 Å². The van der Waals surface area contributed by atoms with Crippen molar-refractivity contribution in [1.29, 1.82) is 0 Å². The first-order valence-electron chi connectivity index (χ1n) is 10.8. The Morgan fingerprint density at radius 3 is 2.25 bits per heavy atom. The number of carbonyl (C=O) groups excluding carboxylic acids is 1. The second kappa shape index (κ2) is 10.7. The summed E-state index contributed by atoms with van der Waals surface area (Å²) in [6.45, 7) is 5.09. The van der Waals surface area contributed by atoms with Crippen molar-refractivity contribution < 1.29 is 17.6 Å². The summed E-state index contributed by atoms with van der Waals surface area (Å²) in [5.74, 6) is -0.680. The zero-order valence-electron chi connectivity index (χ0n) is 18.5. The number of halogens is 1. The zero-order valence-corrected chi connectivity index (χ0v) is 19.3. The van der Waals surface area contributed by atoms with Crippen LogP contribution in [-0.4, -0.2) is 69.1 Å². The molecular formula is C24H30FN3O3S. The summed E-state index contributed by atoms with van der Waals surface area (Å²) in [5.41, 5.74) is 1.44. The number of benzene rings is 2. The molecule has 1 atom stereocenters. The van der Waals surface area contributed by atoms with Gasteiger partial charge in [0.05, 0.1) is 11.9 Å². The molecule has 0 bridgehead atoms. The zero-order chi connectivity index (χ0) is 23.1. The number of amides is 1. The van der Waals surface area contributed by atoms with Gasteiger partial charge in [-0.05, 0) is 36.2 Å². The fourth-order valence-electron chi connectivity index (χ4n) is 3.89. The second-order valence-corrected chi connectivity index (χ2v) is 9.76. The van der Waals surface area contributed by atoms with E-state index in [2.05, 4.69) is 17.1 Å². The van der Waals surface area contributed by atoms with E-state index in [1.165, 1.54) is 24.3 Å². The summed E-state index contributed by atoms with van der Waals surface area (Å²) >= 11 is 0. The minimum Gasteiger partial charge on any atom is -0.338 e. The van der Waals surface area contributed by atoms with Crippen molar-refractivity contribution in [1.82, 2.24) is 9.80 Å². The summed E-state index contributed by atoms with van der Waals surface area (Å²) in [6.07, 6.45) is 5.59. The predicted octanol–water partition coefficient (Wildman–Crippen LogP) is 3.23. The van der Waals surface area contributed by atoms with Gasteiger partial charge in [-0.3, -0.25) is 14.0 Å². The van der Waals surface area contributed by atoms with Crippen LogP contribution in [0.4, 0.5) is 10.1 Å². The highest BCUT2D eigenvalue weighted by Crippen LogP contribution is 2.24. The molecule has 0 spiro atoms. The highest BCUT2D eigenvalue weighted by atomic mass is 32.2. The maximum Gasteiger partial charge on any atom is 0.246 e. The van der Waals surface area contributed by atoms with Crippen LogP contribution in [0, 0.1) is 5.82 Å². The third kappa shape index (κ3) is 6.17. The number of nitrogens with zero attached hydrogens (tertiary/aromatic N) is 3. The van der Waals surface area contributed by atoms with E-state index in [4.69, 9.17) is 0 Å². The number of hydrogen-bond acceptors (Lipinski definition) is 4. The first-order valence-corrected chi connectivity index (χ1v) is 12.6. The molecule has 0 unspecified atom stereocenters. The molecule has 6 nitrogen and oxygen atoms in total. The van der Waals surface area contributed by atoms with Crippen molar-refractivity contribution in [3.63, 3.8) is 0 Å². The van der Waals surface area contributed by atoms with Gasteiger partial charge < -0.3 is 4.90 Å². The van der Waals surface area contributed by atoms with Crippen LogP contribution in [0.25, 0.3) is 6.08 Å². The number of piperazine rings is 1. The lowest BCUT2D eigenvalue weighted by molar-refractivity contribution is -0.134. The molecule has 1 aliphatic rings. The van der Waals surface area contributed by atoms with Crippen LogP contribution in [0.2, 0.25) is 0 Å². The van der Waals surface area contributed by atoms with Crippen molar-refractivity contribution in [2.45, 2.75) is 19.4 Å². The molecule has 1 saturated heterocycles. The predicted molar refractivity (Wildman–Crippen MR) is 126 cm³/mol. The minimum atomic E-state index is -3.73. The molecule has 1 heterocycles. The lowest BCUT2D eigenvalue weighted by Crippen LogP contribution is -2.55. The monoisotopic (exact) mass is 459 g/mol. The molecule has 3 rings (SSSR count). The van der Waals surface area contributed by atoms with Crippen molar-refractivity contribution in [2.24, 2.45) is 0 Å². The quantitative estimate of drug-likeness (QED) is 0.608. The van der Waals surface area contributed by atoms with E-state index < -0.39 is 21.9 Å². The summed E-state index contributed by atoms with van der Waals surface area (Å²) < 4.78 is 39.5. The molecule has 2 aromatic rings. The van der Waals surface area contributed by atoms with Crippen molar-refractivity contribution >= 4 is 27.7 Å². The summed E-state index contributed by atoms with van der Waals surface area (Å²) in [6, 6.07) is 14.4.